The molecule has 1 aromatic carbocycles. The number of aryl methyl sites for hydroxylation is 1. The largest absolute Gasteiger partial charge is 0.448 e. The summed E-state index contributed by atoms with van der Waals surface area (Å²) in [5.74, 6) is -0.792. The summed E-state index contributed by atoms with van der Waals surface area (Å²) >= 11 is 7.26. The molecule has 28 heavy (non-hydrogen) atoms. The Balaban J connectivity index is 1.77. The average Bonchev–Trinajstić information content (AvgIpc) is 3.23. The molecule has 0 aliphatic rings. The zero-order valence-corrected chi connectivity index (χ0v) is 17.6. The van der Waals surface area contributed by atoms with Gasteiger partial charge in [0.2, 0.25) is 0 Å². The van der Waals surface area contributed by atoms with Gasteiger partial charge < -0.3 is 10.1 Å². The highest BCUT2D eigenvalue weighted by Gasteiger charge is 2.22. The topological polar surface area (TPSA) is 73.2 Å². The Kier molecular flexibility index (Phi) is 6.36. The van der Waals surface area contributed by atoms with Crippen LogP contribution in [0.4, 0.5) is 0 Å². The molecule has 0 unspecified atom stereocenters. The van der Waals surface area contributed by atoms with Gasteiger partial charge >= 0.3 is 5.97 Å². The number of aromatic nitrogens is 2. The van der Waals surface area contributed by atoms with Crippen molar-refractivity contribution in [2.24, 2.45) is 0 Å². The molecule has 8 heteroatoms. The van der Waals surface area contributed by atoms with Gasteiger partial charge in [-0.05, 0) is 44.0 Å². The highest BCUT2D eigenvalue weighted by Crippen LogP contribution is 2.29. The Morgan fingerprint density at radius 2 is 2.04 bits per heavy atom. The van der Waals surface area contributed by atoms with E-state index in [1.54, 1.807) is 13.0 Å². The number of nitrogens with one attached hydrogen (secondary N) is 1. The third-order valence-electron chi connectivity index (χ3n) is 4.26. The summed E-state index contributed by atoms with van der Waals surface area (Å²) in [5, 5.41) is 8.89. The fraction of sp³-hybridized carbons (Fsp3) is 0.350. The first-order valence-electron chi connectivity index (χ1n) is 9.09. The number of rotatable bonds is 7. The van der Waals surface area contributed by atoms with E-state index in [-0.39, 0.29) is 5.91 Å². The summed E-state index contributed by atoms with van der Waals surface area (Å²) in [6, 6.07) is 9.36. The van der Waals surface area contributed by atoms with Crippen LogP contribution in [0.25, 0.3) is 10.2 Å². The maximum atomic E-state index is 12.5. The van der Waals surface area contributed by atoms with Crippen molar-refractivity contribution in [1.29, 1.82) is 0 Å². The normalized spacial score (nSPS) is 12.1. The number of carbonyl (C=O) groups is 2. The Morgan fingerprint density at radius 1 is 1.32 bits per heavy atom. The van der Waals surface area contributed by atoms with E-state index < -0.39 is 12.1 Å². The molecule has 0 spiro atoms. The lowest BCUT2D eigenvalue weighted by Gasteiger charge is -2.12. The van der Waals surface area contributed by atoms with Crippen LogP contribution in [-0.2, 0) is 16.1 Å². The Bertz CT molecular complexity index is 994. The maximum absolute atomic E-state index is 12.5. The second-order valence-corrected chi connectivity index (χ2v) is 8.00. The van der Waals surface area contributed by atoms with Crippen molar-refractivity contribution in [3.63, 3.8) is 0 Å². The molecule has 1 N–H and O–H groups in total. The third kappa shape index (κ3) is 4.54. The molecule has 1 amide bonds. The summed E-state index contributed by atoms with van der Waals surface area (Å²) in [7, 11) is 0. The van der Waals surface area contributed by atoms with Crippen LogP contribution in [0.1, 0.15) is 41.2 Å². The Morgan fingerprint density at radius 3 is 2.71 bits per heavy atom. The number of hydrogen-bond acceptors (Lipinski definition) is 5. The molecule has 0 aliphatic heterocycles. The van der Waals surface area contributed by atoms with Crippen molar-refractivity contribution in [2.75, 3.05) is 6.54 Å². The van der Waals surface area contributed by atoms with E-state index in [9.17, 15) is 9.59 Å². The summed E-state index contributed by atoms with van der Waals surface area (Å²) in [6.45, 7) is 6.58. The van der Waals surface area contributed by atoms with Crippen LogP contribution >= 0.6 is 22.9 Å². The summed E-state index contributed by atoms with van der Waals surface area (Å²) in [5.41, 5.74) is 1.90. The monoisotopic (exact) mass is 419 g/mol. The highest BCUT2D eigenvalue weighted by molar-refractivity contribution is 7.20. The second-order valence-electron chi connectivity index (χ2n) is 6.54. The smallest absolute Gasteiger partial charge is 0.349 e. The fourth-order valence-corrected chi connectivity index (χ4v) is 3.92. The number of esters is 1. The van der Waals surface area contributed by atoms with Crippen molar-refractivity contribution in [1.82, 2.24) is 15.1 Å². The van der Waals surface area contributed by atoms with Gasteiger partial charge in [-0.1, -0.05) is 30.7 Å². The van der Waals surface area contributed by atoms with Crippen molar-refractivity contribution < 1.29 is 14.3 Å². The molecule has 148 valence electrons. The summed E-state index contributed by atoms with van der Waals surface area (Å²) in [6.07, 6.45) is -0.0116. The minimum Gasteiger partial charge on any atom is -0.448 e. The Hall–Kier alpha value is -2.38. The molecule has 0 fully saturated rings. The van der Waals surface area contributed by atoms with Gasteiger partial charge in [0.05, 0.1) is 12.2 Å². The summed E-state index contributed by atoms with van der Waals surface area (Å²) < 4.78 is 7.19. The minimum absolute atomic E-state index is 0.290. The first-order chi connectivity index (χ1) is 13.4. The van der Waals surface area contributed by atoms with Crippen LogP contribution in [0.15, 0.2) is 30.3 Å². The van der Waals surface area contributed by atoms with Crippen LogP contribution in [0, 0.1) is 6.92 Å². The van der Waals surface area contributed by atoms with Gasteiger partial charge in [0.1, 0.15) is 9.71 Å². The van der Waals surface area contributed by atoms with Gasteiger partial charge in [0.15, 0.2) is 6.10 Å². The minimum atomic E-state index is -0.837. The number of hydrogen-bond donors (Lipinski definition) is 1. The molecule has 0 bridgehead atoms. The molecule has 0 saturated carbocycles. The Labute approximate surface area is 172 Å². The van der Waals surface area contributed by atoms with Gasteiger partial charge in [-0.3, -0.25) is 9.48 Å². The zero-order chi connectivity index (χ0) is 20.3. The molecular weight excluding hydrogens is 398 g/mol. The van der Waals surface area contributed by atoms with Crippen LogP contribution in [0.3, 0.4) is 0 Å². The van der Waals surface area contributed by atoms with E-state index in [0.29, 0.717) is 23.0 Å². The van der Waals surface area contributed by atoms with Gasteiger partial charge in [-0.15, -0.1) is 11.3 Å². The van der Waals surface area contributed by atoms with E-state index in [4.69, 9.17) is 16.3 Å². The number of thiophene rings is 1. The van der Waals surface area contributed by atoms with Gasteiger partial charge in [-0.25, -0.2) is 4.79 Å². The van der Waals surface area contributed by atoms with Crippen molar-refractivity contribution >= 4 is 45.0 Å². The molecule has 0 aliphatic carbocycles. The number of ether oxygens (including phenoxy) is 1. The van der Waals surface area contributed by atoms with E-state index in [1.807, 2.05) is 42.8 Å². The lowest BCUT2D eigenvalue weighted by atomic mass is 10.2. The number of benzene rings is 1. The molecule has 2 aromatic heterocycles. The molecule has 0 saturated heterocycles. The molecule has 0 radical (unpaired) electrons. The van der Waals surface area contributed by atoms with Gasteiger partial charge in [-0.2, -0.15) is 5.10 Å². The molecule has 3 aromatic rings. The standard InChI is InChI=1S/C20H22ClN3O3S/c1-4-9-22-18(25)13(3)27-20(26)17-10-16-12(2)23-24(19(16)28-17)11-14-5-7-15(21)8-6-14/h5-8,10,13H,4,9,11H2,1-3H3,(H,22,25)/t13-/m1/s1. The summed E-state index contributed by atoms with van der Waals surface area (Å²) in [4.78, 5) is 25.7. The lowest BCUT2D eigenvalue weighted by Crippen LogP contribution is -2.36. The second kappa shape index (κ2) is 8.75. The number of amides is 1. The fourth-order valence-electron chi connectivity index (χ4n) is 2.75. The van der Waals surface area contributed by atoms with E-state index in [1.165, 1.54) is 11.3 Å². The van der Waals surface area contributed by atoms with Crippen molar-refractivity contribution in [2.45, 2.75) is 39.8 Å². The molecule has 2 heterocycles. The van der Waals surface area contributed by atoms with E-state index >= 15 is 0 Å². The lowest BCUT2D eigenvalue weighted by molar-refractivity contribution is -0.129. The van der Waals surface area contributed by atoms with Gasteiger partial charge in [0, 0.05) is 17.0 Å². The van der Waals surface area contributed by atoms with Crippen LogP contribution < -0.4 is 5.32 Å². The number of halogens is 1. The first-order valence-corrected chi connectivity index (χ1v) is 10.3. The predicted octanol–water partition coefficient (Wildman–Crippen LogP) is 4.18. The number of fused-ring (bicyclic) bond motifs is 1. The number of nitrogens with zero attached hydrogens (tertiary/aromatic N) is 2. The molecule has 3 rings (SSSR count). The first kappa shape index (κ1) is 20.4. The van der Waals surface area contributed by atoms with E-state index in [2.05, 4.69) is 10.4 Å². The van der Waals surface area contributed by atoms with Gasteiger partial charge in [0.25, 0.3) is 5.91 Å². The zero-order valence-electron chi connectivity index (χ0n) is 16.0. The molecule has 1 atom stereocenters. The molecular formula is C20H22ClN3O3S. The maximum Gasteiger partial charge on any atom is 0.349 e. The van der Waals surface area contributed by atoms with Crippen LogP contribution in [0.2, 0.25) is 5.02 Å². The predicted molar refractivity (Wildman–Crippen MR) is 111 cm³/mol. The van der Waals surface area contributed by atoms with E-state index in [0.717, 1.165) is 27.9 Å². The van der Waals surface area contributed by atoms with Crippen LogP contribution in [0.5, 0.6) is 0 Å². The quantitative estimate of drug-likeness (QED) is 0.583. The molecule has 6 nitrogen and oxygen atoms in total. The average molecular weight is 420 g/mol. The van der Waals surface area contributed by atoms with Crippen molar-refractivity contribution in [3.05, 3.63) is 51.5 Å². The van der Waals surface area contributed by atoms with Crippen molar-refractivity contribution in [3.8, 4) is 0 Å². The van der Waals surface area contributed by atoms with Crippen LogP contribution in [-0.4, -0.2) is 34.3 Å². The third-order valence-corrected chi connectivity index (χ3v) is 5.64. The highest BCUT2D eigenvalue weighted by atomic mass is 35.5. The SMILES string of the molecule is CCCNC(=O)[C@@H](C)OC(=O)c1cc2c(C)nn(Cc3ccc(Cl)cc3)c2s1. The number of carbonyl (C=O) groups excluding carboxylic acids is 2.